The molecule has 0 aromatic carbocycles. The van der Waals surface area contributed by atoms with Crippen molar-refractivity contribution in [2.45, 2.75) is 66.8 Å². The fourth-order valence-electron chi connectivity index (χ4n) is 1.48. The lowest BCUT2D eigenvalue weighted by Gasteiger charge is -2.25. The molecule has 3 heteroatoms. The molecule has 3 nitrogen and oxygen atoms in total. The van der Waals surface area contributed by atoms with Gasteiger partial charge in [0.1, 0.15) is 0 Å². The molecule has 0 unspecified atom stereocenters. The number of hydrogen-bond donors (Lipinski definition) is 0. The predicted molar refractivity (Wildman–Crippen MR) is 70.7 cm³/mol. The van der Waals surface area contributed by atoms with Crippen molar-refractivity contribution in [1.82, 2.24) is 0 Å². The molecule has 1 aliphatic rings. The number of rotatable bonds is 1. The van der Waals surface area contributed by atoms with Crippen LogP contribution in [0.4, 0.5) is 0 Å². The van der Waals surface area contributed by atoms with Gasteiger partial charge in [-0.3, -0.25) is 0 Å². The maximum absolute atomic E-state index is 11.9. The van der Waals surface area contributed by atoms with Crippen LogP contribution in [0.1, 0.15) is 54.9 Å². The largest absolute Gasteiger partial charge is 0.433 e. The molecular weight excluding hydrogens is 228 g/mol. The van der Waals surface area contributed by atoms with Crippen LogP contribution in [0.3, 0.4) is 0 Å². The van der Waals surface area contributed by atoms with Gasteiger partial charge in [0, 0.05) is 17.3 Å². The quantitative estimate of drug-likeness (QED) is 0.531. The normalized spacial score (nSPS) is 28.6. The van der Waals surface area contributed by atoms with Crippen molar-refractivity contribution in [1.29, 1.82) is 0 Å². The Bertz CT molecular complexity index is 387. The molecule has 0 N–H and O–H groups in total. The fourth-order valence-corrected chi connectivity index (χ4v) is 1.48. The van der Waals surface area contributed by atoms with Crippen molar-refractivity contribution in [2.24, 2.45) is 10.8 Å². The maximum Gasteiger partial charge on any atom is 0.341 e. The van der Waals surface area contributed by atoms with Gasteiger partial charge in [-0.1, -0.05) is 32.6 Å². The second-order valence-corrected chi connectivity index (χ2v) is 7.18. The third kappa shape index (κ3) is 3.74. The van der Waals surface area contributed by atoms with E-state index in [1.54, 1.807) is 6.92 Å². The third-order valence-electron chi connectivity index (χ3n) is 2.61. The van der Waals surface area contributed by atoms with E-state index in [-0.39, 0.29) is 16.8 Å². The minimum atomic E-state index is -0.934. The molecule has 2 atom stereocenters. The third-order valence-corrected chi connectivity index (χ3v) is 2.61. The molecule has 0 radical (unpaired) electrons. The Morgan fingerprint density at radius 3 is 2.17 bits per heavy atom. The number of cyclic esters (lactones) is 1. The van der Waals surface area contributed by atoms with Crippen molar-refractivity contribution in [3.63, 3.8) is 0 Å². The van der Waals surface area contributed by atoms with Gasteiger partial charge in [-0.05, 0) is 27.7 Å². The molecule has 0 aromatic heterocycles. The molecule has 1 saturated heterocycles. The summed E-state index contributed by atoms with van der Waals surface area (Å²) in [6.45, 7) is 13.8. The van der Waals surface area contributed by atoms with E-state index in [1.807, 2.05) is 41.5 Å². The summed E-state index contributed by atoms with van der Waals surface area (Å²) in [4.78, 5) is 11.9. The molecule has 0 bridgehead atoms. The van der Waals surface area contributed by atoms with E-state index in [0.29, 0.717) is 6.42 Å². The highest BCUT2D eigenvalue weighted by molar-refractivity contribution is 5.81. The van der Waals surface area contributed by atoms with E-state index in [4.69, 9.17) is 9.47 Å². The zero-order valence-corrected chi connectivity index (χ0v) is 12.5. The summed E-state index contributed by atoms with van der Waals surface area (Å²) >= 11 is 0. The molecular formula is C15H24O3. The van der Waals surface area contributed by atoms with Crippen molar-refractivity contribution in [3.8, 4) is 11.8 Å². The van der Waals surface area contributed by atoms with Crippen molar-refractivity contribution in [3.05, 3.63) is 0 Å². The number of hydrogen-bond acceptors (Lipinski definition) is 3. The lowest BCUT2D eigenvalue weighted by molar-refractivity contribution is -0.155. The Hall–Kier alpha value is -1.01. The summed E-state index contributed by atoms with van der Waals surface area (Å²) in [6.07, 6.45) is -0.123. The number of carbonyl (C=O) groups is 1. The minimum absolute atomic E-state index is 0.0672. The van der Waals surface area contributed by atoms with Crippen LogP contribution in [0.2, 0.25) is 0 Å². The highest BCUT2D eigenvalue weighted by atomic mass is 16.8. The zero-order chi connectivity index (χ0) is 14.2. The molecule has 1 fully saturated rings. The van der Waals surface area contributed by atoms with Crippen LogP contribution in [-0.4, -0.2) is 17.9 Å². The van der Waals surface area contributed by atoms with E-state index in [9.17, 15) is 4.79 Å². The molecule has 0 aliphatic carbocycles. The zero-order valence-electron chi connectivity index (χ0n) is 12.5. The van der Waals surface area contributed by atoms with E-state index < -0.39 is 11.9 Å². The van der Waals surface area contributed by atoms with E-state index in [0.717, 1.165) is 0 Å². The molecule has 102 valence electrons. The van der Waals surface area contributed by atoms with Gasteiger partial charge in [-0.15, -0.1) is 0 Å². The van der Waals surface area contributed by atoms with Crippen molar-refractivity contribution >= 4 is 5.97 Å². The first-order valence-corrected chi connectivity index (χ1v) is 6.33. The lowest BCUT2D eigenvalue weighted by Crippen LogP contribution is -2.34. The minimum Gasteiger partial charge on any atom is -0.433 e. The van der Waals surface area contributed by atoms with Gasteiger partial charge in [0.2, 0.25) is 6.29 Å². The van der Waals surface area contributed by atoms with Crippen LogP contribution in [0.15, 0.2) is 0 Å². The summed E-state index contributed by atoms with van der Waals surface area (Å²) < 4.78 is 11.1. The number of ether oxygens (including phenoxy) is 2. The molecule has 18 heavy (non-hydrogen) atoms. The molecule has 1 aliphatic heterocycles. The van der Waals surface area contributed by atoms with Crippen LogP contribution in [0.25, 0.3) is 0 Å². The van der Waals surface area contributed by atoms with Crippen molar-refractivity contribution < 1.29 is 14.3 Å². The highest BCUT2D eigenvalue weighted by Gasteiger charge is 2.49. The van der Waals surface area contributed by atoms with Gasteiger partial charge in [-0.2, -0.15) is 0 Å². The maximum atomic E-state index is 11.9. The van der Waals surface area contributed by atoms with Gasteiger partial charge in [-0.25, -0.2) is 4.79 Å². The van der Waals surface area contributed by atoms with Gasteiger partial charge >= 0.3 is 5.97 Å². The monoisotopic (exact) mass is 252 g/mol. The Labute approximate surface area is 110 Å². The van der Waals surface area contributed by atoms with Gasteiger partial charge < -0.3 is 9.47 Å². The average Bonchev–Trinajstić information content (AvgIpc) is 2.40. The molecule has 0 spiro atoms. The first-order chi connectivity index (χ1) is 7.94. The SMILES string of the molecule is CC(C)(C)C#CC[C@]1(C)O[C@@H](C(C)(C)C)OC1=O. The summed E-state index contributed by atoms with van der Waals surface area (Å²) in [6, 6.07) is 0. The lowest BCUT2D eigenvalue weighted by atomic mass is 9.95. The van der Waals surface area contributed by atoms with Crippen LogP contribution in [0, 0.1) is 22.7 Å². The van der Waals surface area contributed by atoms with Gasteiger partial charge in [0.15, 0.2) is 5.60 Å². The Kier molecular flexibility index (Phi) is 3.83. The van der Waals surface area contributed by atoms with E-state index in [1.165, 1.54) is 0 Å². The topological polar surface area (TPSA) is 35.5 Å². The highest BCUT2D eigenvalue weighted by Crippen LogP contribution is 2.36. The smallest absolute Gasteiger partial charge is 0.341 e. The second kappa shape index (κ2) is 4.59. The van der Waals surface area contributed by atoms with E-state index in [2.05, 4.69) is 11.8 Å². The first kappa shape index (κ1) is 15.0. The van der Waals surface area contributed by atoms with Gasteiger partial charge in [0.25, 0.3) is 0 Å². The first-order valence-electron chi connectivity index (χ1n) is 6.33. The van der Waals surface area contributed by atoms with Gasteiger partial charge in [0.05, 0.1) is 0 Å². The molecule has 0 aromatic rings. The van der Waals surface area contributed by atoms with E-state index >= 15 is 0 Å². The summed E-state index contributed by atoms with van der Waals surface area (Å²) in [5.74, 6) is 5.83. The summed E-state index contributed by atoms with van der Waals surface area (Å²) in [5, 5.41) is 0. The average molecular weight is 252 g/mol. The molecule has 0 amide bonds. The predicted octanol–water partition coefficient (Wildman–Crippen LogP) is 3.13. The van der Waals surface area contributed by atoms with Crippen molar-refractivity contribution in [2.75, 3.05) is 0 Å². The van der Waals surface area contributed by atoms with Crippen LogP contribution >= 0.6 is 0 Å². The number of carbonyl (C=O) groups excluding carboxylic acids is 1. The Morgan fingerprint density at radius 1 is 1.22 bits per heavy atom. The molecule has 0 saturated carbocycles. The summed E-state index contributed by atoms with van der Waals surface area (Å²) in [5.41, 5.74) is -1.22. The molecule has 1 rings (SSSR count). The van der Waals surface area contributed by atoms with Crippen LogP contribution in [0.5, 0.6) is 0 Å². The Balaban J connectivity index is 2.76. The Morgan fingerprint density at radius 2 is 1.78 bits per heavy atom. The van der Waals surface area contributed by atoms with Crippen LogP contribution < -0.4 is 0 Å². The summed E-state index contributed by atoms with van der Waals surface area (Å²) in [7, 11) is 0. The van der Waals surface area contributed by atoms with Crippen LogP contribution in [-0.2, 0) is 14.3 Å². The standard InChI is InChI=1S/C15H24O3/c1-13(2,3)9-8-10-15(7)11(16)17-12(18-15)14(4,5)6/h12H,10H2,1-7H3/t12-,15-/m0/s1. The second-order valence-electron chi connectivity index (χ2n) is 7.18. The fraction of sp³-hybridized carbons (Fsp3) is 0.800. The number of esters is 1. The molecule has 1 heterocycles.